The van der Waals surface area contributed by atoms with E-state index < -0.39 is 13.1 Å². The first-order valence-corrected chi connectivity index (χ1v) is 9.57. The Labute approximate surface area is 132 Å². The molecule has 116 valence electrons. The van der Waals surface area contributed by atoms with Crippen LogP contribution in [0.15, 0.2) is 5.11 Å². The number of alkyl halides is 2. The van der Waals surface area contributed by atoms with Crippen LogP contribution in [0, 0.1) is 5.92 Å². The Balaban J connectivity index is 2.56. The standard InChI is InChI=1S/C9H16Cl3N4O3P/c10-2-4-16(5-3-11)20(12,17)19-7-8-1-6-18-9(8)14-15-13/h8-9H,1-7H2. The van der Waals surface area contributed by atoms with Crippen LogP contribution in [0.5, 0.6) is 0 Å². The molecule has 1 saturated heterocycles. The van der Waals surface area contributed by atoms with Gasteiger partial charge in [-0.25, -0.2) is 4.67 Å². The fourth-order valence-corrected chi connectivity index (χ4v) is 4.26. The number of rotatable bonds is 9. The molecule has 3 atom stereocenters. The first-order valence-electron chi connectivity index (χ1n) is 6.02. The van der Waals surface area contributed by atoms with Crippen LogP contribution < -0.4 is 0 Å². The molecular formula is C9H16Cl3N4O3P. The summed E-state index contributed by atoms with van der Waals surface area (Å²) in [6, 6.07) is 0. The van der Waals surface area contributed by atoms with Crippen molar-refractivity contribution in [2.45, 2.75) is 12.6 Å². The molecule has 1 aliphatic rings. The second-order valence-electron chi connectivity index (χ2n) is 4.09. The van der Waals surface area contributed by atoms with Gasteiger partial charge in [-0.1, -0.05) is 5.11 Å². The molecule has 1 fully saturated rings. The van der Waals surface area contributed by atoms with E-state index in [4.69, 9.17) is 49.2 Å². The van der Waals surface area contributed by atoms with E-state index in [9.17, 15) is 4.57 Å². The second-order valence-corrected chi connectivity index (χ2v) is 7.86. The molecule has 1 heterocycles. The first kappa shape index (κ1) is 18.3. The number of hydrogen-bond donors (Lipinski definition) is 0. The lowest BCUT2D eigenvalue weighted by Crippen LogP contribution is -2.26. The van der Waals surface area contributed by atoms with Gasteiger partial charge in [0.2, 0.25) is 0 Å². The third-order valence-corrected chi connectivity index (χ3v) is 5.63. The normalized spacial score (nSPS) is 25.4. The summed E-state index contributed by atoms with van der Waals surface area (Å²) in [5.74, 6) is 0.377. The van der Waals surface area contributed by atoms with Crippen molar-refractivity contribution < 1.29 is 13.8 Å². The van der Waals surface area contributed by atoms with Crippen LogP contribution in [0.1, 0.15) is 6.42 Å². The van der Waals surface area contributed by atoms with Crippen LogP contribution in [0.4, 0.5) is 0 Å². The van der Waals surface area contributed by atoms with Crippen molar-refractivity contribution in [2.24, 2.45) is 11.0 Å². The molecule has 0 aromatic rings. The zero-order valence-corrected chi connectivity index (χ0v) is 13.9. The van der Waals surface area contributed by atoms with Gasteiger partial charge in [0.1, 0.15) is 6.23 Å². The Morgan fingerprint density at radius 3 is 2.65 bits per heavy atom. The Hall–Kier alpha value is 0.290. The summed E-state index contributed by atoms with van der Waals surface area (Å²) in [5.41, 5.74) is 8.42. The molecule has 11 heteroatoms. The minimum atomic E-state index is -3.49. The van der Waals surface area contributed by atoms with Gasteiger partial charge in [-0.05, 0) is 23.2 Å². The summed E-state index contributed by atoms with van der Waals surface area (Å²) in [6.07, 6.45) is 0.0529. The maximum absolute atomic E-state index is 12.3. The van der Waals surface area contributed by atoms with Gasteiger partial charge in [-0.15, -0.1) is 23.2 Å². The monoisotopic (exact) mass is 364 g/mol. The van der Waals surface area contributed by atoms with Gasteiger partial charge in [0.15, 0.2) is 0 Å². The molecule has 0 radical (unpaired) electrons. The van der Waals surface area contributed by atoms with Gasteiger partial charge in [-0.2, -0.15) is 0 Å². The number of ether oxygens (including phenoxy) is 1. The van der Waals surface area contributed by atoms with Gasteiger partial charge in [0, 0.05) is 42.3 Å². The minimum Gasteiger partial charge on any atom is -0.372 e. The molecule has 0 N–H and O–H groups in total. The number of hydrogen-bond acceptors (Lipinski definition) is 4. The molecule has 0 aliphatic carbocycles. The highest BCUT2D eigenvalue weighted by Crippen LogP contribution is 2.56. The van der Waals surface area contributed by atoms with Crippen LogP contribution in [-0.4, -0.2) is 49.0 Å². The van der Waals surface area contributed by atoms with E-state index in [0.29, 0.717) is 26.1 Å². The van der Waals surface area contributed by atoms with Crippen LogP contribution in [0.25, 0.3) is 10.4 Å². The first-order chi connectivity index (χ1) is 9.55. The maximum atomic E-state index is 12.3. The molecule has 7 nitrogen and oxygen atoms in total. The van der Waals surface area contributed by atoms with Crippen molar-refractivity contribution in [1.82, 2.24) is 4.67 Å². The molecule has 0 saturated carbocycles. The lowest BCUT2D eigenvalue weighted by molar-refractivity contribution is 0.0811. The van der Waals surface area contributed by atoms with Gasteiger partial charge in [0.05, 0.1) is 6.61 Å². The topological polar surface area (TPSA) is 87.5 Å². The summed E-state index contributed by atoms with van der Waals surface area (Å²) in [5, 5.41) is 3.51. The average molecular weight is 366 g/mol. The van der Waals surface area contributed by atoms with Crippen molar-refractivity contribution in [2.75, 3.05) is 38.1 Å². The Kier molecular flexibility index (Phi) is 8.56. The lowest BCUT2D eigenvalue weighted by atomic mass is 10.1. The molecule has 1 rings (SSSR count). The number of azide groups is 1. The predicted molar refractivity (Wildman–Crippen MR) is 79.4 cm³/mol. The van der Waals surface area contributed by atoms with E-state index in [1.807, 2.05) is 0 Å². The van der Waals surface area contributed by atoms with E-state index in [1.165, 1.54) is 4.67 Å². The third-order valence-electron chi connectivity index (χ3n) is 2.82. The van der Waals surface area contributed by atoms with Crippen molar-refractivity contribution in [3.8, 4) is 0 Å². The molecule has 0 amide bonds. The molecule has 0 spiro atoms. The molecule has 20 heavy (non-hydrogen) atoms. The van der Waals surface area contributed by atoms with Crippen molar-refractivity contribution in [1.29, 1.82) is 0 Å². The van der Waals surface area contributed by atoms with Crippen LogP contribution >= 0.6 is 41.3 Å². The second kappa shape index (κ2) is 9.34. The molecule has 0 bridgehead atoms. The average Bonchev–Trinajstić information content (AvgIpc) is 2.84. The van der Waals surface area contributed by atoms with Gasteiger partial charge < -0.3 is 9.26 Å². The number of halogens is 3. The molecule has 3 unspecified atom stereocenters. The van der Waals surface area contributed by atoms with E-state index >= 15 is 0 Å². The van der Waals surface area contributed by atoms with E-state index in [0.717, 1.165) is 0 Å². The Morgan fingerprint density at radius 1 is 1.45 bits per heavy atom. The third kappa shape index (κ3) is 5.58. The zero-order valence-electron chi connectivity index (χ0n) is 10.7. The quantitative estimate of drug-likeness (QED) is 0.204. The van der Waals surface area contributed by atoms with Crippen molar-refractivity contribution >= 4 is 41.3 Å². The summed E-state index contributed by atoms with van der Waals surface area (Å²) in [6.45, 7) is -2.30. The zero-order chi connectivity index (χ0) is 15.0. The summed E-state index contributed by atoms with van der Waals surface area (Å²) < 4.78 is 24.3. The minimum absolute atomic E-state index is 0.0888. The highest BCUT2D eigenvalue weighted by atomic mass is 35.7. The maximum Gasteiger partial charge on any atom is 0.363 e. The summed E-state index contributed by atoms with van der Waals surface area (Å²) in [7, 11) is 0. The molecule has 0 aromatic heterocycles. The fraction of sp³-hybridized carbons (Fsp3) is 1.00. The van der Waals surface area contributed by atoms with E-state index in [2.05, 4.69) is 10.0 Å². The van der Waals surface area contributed by atoms with Gasteiger partial charge >= 0.3 is 6.87 Å². The van der Waals surface area contributed by atoms with Crippen LogP contribution in [0.2, 0.25) is 0 Å². The highest BCUT2D eigenvalue weighted by Gasteiger charge is 2.33. The van der Waals surface area contributed by atoms with Crippen LogP contribution in [0.3, 0.4) is 0 Å². The van der Waals surface area contributed by atoms with Crippen molar-refractivity contribution in [3.05, 3.63) is 10.4 Å². The molecule has 1 aliphatic heterocycles. The van der Waals surface area contributed by atoms with Crippen molar-refractivity contribution in [3.63, 3.8) is 0 Å². The van der Waals surface area contributed by atoms with E-state index in [1.54, 1.807) is 0 Å². The smallest absolute Gasteiger partial charge is 0.363 e. The SMILES string of the molecule is [N-]=[N+]=NC1OCCC1COP(=O)(Cl)N(CCCl)CCCl. The summed E-state index contributed by atoms with van der Waals surface area (Å²) >= 11 is 17.2. The van der Waals surface area contributed by atoms with Gasteiger partial charge in [0.25, 0.3) is 0 Å². The predicted octanol–water partition coefficient (Wildman–Crippen LogP) is 3.80. The van der Waals surface area contributed by atoms with Gasteiger partial charge in [-0.3, -0.25) is 4.57 Å². The Morgan fingerprint density at radius 2 is 2.10 bits per heavy atom. The number of nitrogens with zero attached hydrogens (tertiary/aromatic N) is 4. The summed E-state index contributed by atoms with van der Waals surface area (Å²) in [4.78, 5) is 2.70. The Bertz CT molecular complexity index is 391. The molecule has 0 aromatic carbocycles. The molecular weight excluding hydrogens is 349 g/mol. The lowest BCUT2D eigenvalue weighted by Gasteiger charge is -2.26. The van der Waals surface area contributed by atoms with Crippen LogP contribution in [-0.2, 0) is 13.8 Å². The van der Waals surface area contributed by atoms with E-state index in [-0.39, 0.29) is 24.3 Å². The highest BCUT2D eigenvalue weighted by molar-refractivity contribution is 7.83. The fourth-order valence-electron chi connectivity index (χ4n) is 1.78. The largest absolute Gasteiger partial charge is 0.372 e.